The van der Waals surface area contributed by atoms with Gasteiger partial charge in [0.05, 0.1) is 24.8 Å². The van der Waals surface area contributed by atoms with Crippen LogP contribution in [0.5, 0.6) is 11.5 Å². The molecule has 7 nitrogen and oxygen atoms in total. The number of methoxy groups -OCH3 is 2. The molecule has 156 valence electrons. The second-order valence-electron chi connectivity index (χ2n) is 6.16. The third-order valence-electron chi connectivity index (χ3n) is 4.16. The van der Waals surface area contributed by atoms with Gasteiger partial charge >= 0.3 is 0 Å². The van der Waals surface area contributed by atoms with Crippen LogP contribution in [0.2, 0.25) is 0 Å². The fraction of sp³-hybridized carbons (Fsp3) is 0.0952. The second kappa shape index (κ2) is 8.83. The summed E-state index contributed by atoms with van der Waals surface area (Å²) in [6, 6.07) is 15.3. The summed E-state index contributed by atoms with van der Waals surface area (Å²) in [6.45, 7) is 0. The lowest BCUT2D eigenvalue weighted by atomic mass is 10.2. The molecule has 0 aromatic heterocycles. The van der Waals surface area contributed by atoms with Gasteiger partial charge in [-0.3, -0.25) is 9.52 Å². The van der Waals surface area contributed by atoms with E-state index in [1.807, 2.05) is 0 Å². The summed E-state index contributed by atoms with van der Waals surface area (Å²) in [5.41, 5.74) is 0.703. The van der Waals surface area contributed by atoms with Gasteiger partial charge in [0.25, 0.3) is 15.9 Å². The summed E-state index contributed by atoms with van der Waals surface area (Å²) >= 11 is 0. The topological polar surface area (TPSA) is 93.7 Å². The maximum absolute atomic E-state index is 13.0. The Balaban J connectivity index is 1.84. The minimum Gasteiger partial charge on any atom is -0.497 e. The van der Waals surface area contributed by atoms with Crippen LogP contribution >= 0.6 is 0 Å². The second-order valence-corrected chi connectivity index (χ2v) is 7.84. The maximum Gasteiger partial charge on any atom is 0.261 e. The van der Waals surface area contributed by atoms with Crippen molar-refractivity contribution in [3.05, 3.63) is 78.1 Å². The van der Waals surface area contributed by atoms with Crippen LogP contribution in [0.15, 0.2) is 71.6 Å². The van der Waals surface area contributed by atoms with Crippen molar-refractivity contribution in [3.8, 4) is 11.5 Å². The van der Waals surface area contributed by atoms with Crippen molar-refractivity contribution >= 4 is 27.3 Å². The summed E-state index contributed by atoms with van der Waals surface area (Å²) in [7, 11) is -1.02. The lowest BCUT2D eigenvalue weighted by molar-refractivity contribution is 0.102. The molecule has 0 bridgehead atoms. The monoisotopic (exact) mass is 430 g/mol. The van der Waals surface area contributed by atoms with Crippen LogP contribution < -0.4 is 19.5 Å². The first kappa shape index (κ1) is 21.1. The van der Waals surface area contributed by atoms with Gasteiger partial charge in [-0.15, -0.1) is 0 Å². The zero-order valence-electron chi connectivity index (χ0n) is 16.2. The lowest BCUT2D eigenvalue weighted by Crippen LogP contribution is -2.16. The van der Waals surface area contributed by atoms with Gasteiger partial charge in [-0.25, -0.2) is 12.8 Å². The molecule has 30 heavy (non-hydrogen) atoms. The molecular formula is C21H19FN2O5S. The predicted molar refractivity (Wildman–Crippen MR) is 111 cm³/mol. The SMILES string of the molecule is COc1ccc(OC)c(NC(=O)c2cccc(S(=O)(=O)Nc3ccc(F)cc3)c2)c1. The molecule has 0 unspecified atom stereocenters. The van der Waals surface area contributed by atoms with Crippen LogP contribution in [0, 0.1) is 5.82 Å². The molecule has 3 rings (SSSR count). The van der Waals surface area contributed by atoms with Gasteiger partial charge < -0.3 is 14.8 Å². The number of carbonyl (C=O) groups excluding carboxylic acids is 1. The number of rotatable bonds is 7. The summed E-state index contributed by atoms with van der Waals surface area (Å²) in [5, 5.41) is 2.69. The Kier molecular flexibility index (Phi) is 6.22. The van der Waals surface area contributed by atoms with E-state index in [2.05, 4.69) is 10.0 Å². The Morgan fingerprint density at radius 3 is 2.33 bits per heavy atom. The standard InChI is InChI=1S/C21H19FN2O5S/c1-28-17-10-11-20(29-2)19(13-17)23-21(25)14-4-3-5-18(12-14)30(26,27)24-16-8-6-15(22)7-9-16/h3-13,24H,1-2H3,(H,23,25). The minimum absolute atomic E-state index is 0.114. The average molecular weight is 430 g/mol. The summed E-state index contributed by atoms with van der Waals surface area (Å²) in [6.07, 6.45) is 0. The van der Waals surface area contributed by atoms with Gasteiger partial charge in [0, 0.05) is 17.3 Å². The fourth-order valence-corrected chi connectivity index (χ4v) is 3.75. The van der Waals surface area contributed by atoms with E-state index in [4.69, 9.17) is 9.47 Å². The largest absolute Gasteiger partial charge is 0.497 e. The van der Waals surface area contributed by atoms with Crippen molar-refractivity contribution in [1.82, 2.24) is 0 Å². The van der Waals surface area contributed by atoms with E-state index in [1.165, 1.54) is 50.6 Å². The quantitative estimate of drug-likeness (QED) is 0.593. The summed E-state index contributed by atoms with van der Waals surface area (Å²) < 4.78 is 51.0. The van der Waals surface area contributed by atoms with Crippen molar-refractivity contribution in [3.63, 3.8) is 0 Å². The molecule has 0 aliphatic rings. The van der Waals surface area contributed by atoms with Gasteiger partial charge in [0.15, 0.2) is 0 Å². The Bertz CT molecular complexity index is 1160. The van der Waals surface area contributed by atoms with Crippen molar-refractivity contribution in [2.75, 3.05) is 24.3 Å². The number of benzene rings is 3. The number of hydrogen-bond donors (Lipinski definition) is 2. The van der Waals surface area contributed by atoms with E-state index in [1.54, 1.807) is 18.2 Å². The van der Waals surface area contributed by atoms with Gasteiger partial charge in [0.1, 0.15) is 17.3 Å². The zero-order chi connectivity index (χ0) is 21.7. The summed E-state index contributed by atoms with van der Waals surface area (Å²) in [5.74, 6) is -0.0678. The molecule has 0 fully saturated rings. The Labute approximate surface area is 173 Å². The van der Waals surface area contributed by atoms with Crippen molar-refractivity contribution in [1.29, 1.82) is 0 Å². The van der Waals surface area contributed by atoms with E-state index in [0.29, 0.717) is 17.2 Å². The zero-order valence-corrected chi connectivity index (χ0v) is 17.0. The first-order chi connectivity index (χ1) is 14.3. The van der Waals surface area contributed by atoms with Crippen LogP contribution in [-0.4, -0.2) is 28.5 Å². The molecule has 1 amide bonds. The Morgan fingerprint density at radius 1 is 0.933 bits per heavy atom. The lowest BCUT2D eigenvalue weighted by Gasteiger charge is -2.13. The van der Waals surface area contributed by atoms with Crippen LogP contribution in [0.25, 0.3) is 0 Å². The molecular weight excluding hydrogens is 411 g/mol. The van der Waals surface area contributed by atoms with E-state index >= 15 is 0 Å². The first-order valence-corrected chi connectivity index (χ1v) is 10.2. The van der Waals surface area contributed by atoms with Crippen LogP contribution in [-0.2, 0) is 10.0 Å². The van der Waals surface area contributed by atoms with E-state index in [9.17, 15) is 17.6 Å². The van der Waals surface area contributed by atoms with Gasteiger partial charge in [-0.05, 0) is 54.6 Å². The molecule has 3 aromatic rings. The van der Waals surface area contributed by atoms with Gasteiger partial charge in [-0.2, -0.15) is 0 Å². The number of nitrogens with one attached hydrogen (secondary N) is 2. The number of amides is 1. The highest BCUT2D eigenvalue weighted by Crippen LogP contribution is 2.29. The molecule has 0 aliphatic heterocycles. The number of sulfonamides is 1. The summed E-state index contributed by atoms with van der Waals surface area (Å²) in [4.78, 5) is 12.6. The third kappa shape index (κ3) is 4.87. The van der Waals surface area contributed by atoms with E-state index in [-0.39, 0.29) is 16.1 Å². The third-order valence-corrected chi connectivity index (χ3v) is 5.54. The van der Waals surface area contributed by atoms with Crippen molar-refractivity contribution in [2.24, 2.45) is 0 Å². The normalized spacial score (nSPS) is 10.9. The highest BCUT2D eigenvalue weighted by Gasteiger charge is 2.18. The smallest absolute Gasteiger partial charge is 0.261 e. The van der Waals surface area contributed by atoms with E-state index < -0.39 is 21.7 Å². The van der Waals surface area contributed by atoms with E-state index in [0.717, 1.165) is 12.1 Å². The van der Waals surface area contributed by atoms with Crippen LogP contribution in [0.3, 0.4) is 0 Å². The predicted octanol–water partition coefficient (Wildman–Crippen LogP) is 3.90. The molecule has 0 radical (unpaired) electrons. The van der Waals surface area contributed by atoms with Crippen LogP contribution in [0.4, 0.5) is 15.8 Å². The number of halogens is 1. The molecule has 9 heteroatoms. The highest BCUT2D eigenvalue weighted by molar-refractivity contribution is 7.92. The Morgan fingerprint density at radius 2 is 1.67 bits per heavy atom. The molecule has 0 atom stereocenters. The molecule has 0 spiro atoms. The molecule has 0 saturated carbocycles. The number of anilines is 2. The molecule has 2 N–H and O–H groups in total. The van der Waals surface area contributed by atoms with Gasteiger partial charge in [0.2, 0.25) is 0 Å². The average Bonchev–Trinajstić information content (AvgIpc) is 2.75. The van der Waals surface area contributed by atoms with Gasteiger partial charge in [-0.1, -0.05) is 6.07 Å². The van der Waals surface area contributed by atoms with Crippen molar-refractivity contribution in [2.45, 2.75) is 4.90 Å². The molecule has 0 heterocycles. The molecule has 0 saturated heterocycles. The number of ether oxygens (including phenoxy) is 2. The fourth-order valence-electron chi connectivity index (χ4n) is 2.64. The highest BCUT2D eigenvalue weighted by atomic mass is 32.2. The Hall–Kier alpha value is -3.59. The van der Waals surface area contributed by atoms with Crippen LogP contribution in [0.1, 0.15) is 10.4 Å². The molecule has 3 aromatic carbocycles. The first-order valence-electron chi connectivity index (χ1n) is 8.74. The number of carbonyl (C=O) groups is 1. The van der Waals surface area contributed by atoms with Crippen molar-refractivity contribution < 1.29 is 27.1 Å². The maximum atomic E-state index is 13.0. The molecule has 0 aliphatic carbocycles. The number of hydrogen-bond acceptors (Lipinski definition) is 5. The minimum atomic E-state index is -3.98.